The quantitative estimate of drug-likeness (QED) is 0.804. The molecule has 0 spiro atoms. The van der Waals surface area contributed by atoms with Crippen LogP contribution < -0.4 is 15.8 Å². The summed E-state index contributed by atoms with van der Waals surface area (Å²) in [6.07, 6.45) is 2.96. The van der Waals surface area contributed by atoms with Crippen LogP contribution in [-0.4, -0.2) is 19.2 Å². The number of carbonyl (C=O) groups is 1. The number of aryl methyl sites for hydroxylation is 1. The van der Waals surface area contributed by atoms with Gasteiger partial charge in [-0.3, -0.25) is 0 Å². The Morgan fingerprint density at radius 2 is 2.38 bits per heavy atom. The number of hydrogen-bond donors (Lipinski definition) is 2. The number of nitrogens with two attached hydrogens (primary N) is 1. The minimum Gasteiger partial charge on any atom is -0.493 e. The maximum atomic E-state index is 10.5. The first-order valence-corrected chi connectivity index (χ1v) is 5.53. The summed E-state index contributed by atoms with van der Waals surface area (Å²) < 4.78 is 5.53. The molecule has 0 saturated heterocycles. The molecule has 0 unspecified atom stereocenters. The van der Waals surface area contributed by atoms with Crippen molar-refractivity contribution in [2.24, 2.45) is 5.73 Å². The number of hydrogen-bond acceptors (Lipinski definition) is 2. The Labute approximate surface area is 94.8 Å². The second-order valence-electron chi connectivity index (χ2n) is 3.94. The lowest BCUT2D eigenvalue weighted by Crippen LogP contribution is -2.30. The summed E-state index contributed by atoms with van der Waals surface area (Å²) in [5.74, 6) is 0.998. The highest BCUT2D eigenvalue weighted by Gasteiger charge is 2.10. The van der Waals surface area contributed by atoms with Gasteiger partial charge in [-0.1, -0.05) is 12.1 Å². The molecule has 1 aromatic rings. The maximum Gasteiger partial charge on any atom is 0.312 e. The van der Waals surface area contributed by atoms with Crippen LogP contribution >= 0.6 is 0 Å². The van der Waals surface area contributed by atoms with E-state index in [0.29, 0.717) is 6.54 Å². The van der Waals surface area contributed by atoms with Crippen LogP contribution in [0, 0.1) is 0 Å². The van der Waals surface area contributed by atoms with E-state index in [1.54, 1.807) is 0 Å². The summed E-state index contributed by atoms with van der Waals surface area (Å²) in [6.45, 7) is 1.39. The molecule has 86 valence electrons. The third-order valence-electron chi connectivity index (χ3n) is 2.69. The van der Waals surface area contributed by atoms with Gasteiger partial charge in [-0.15, -0.1) is 0 Å². The van der Waals surface area contributed by atoms with Crippen molar-refractivity contribution in [2.75, 3.05) is 13.2 Å². The van der Waals surface area contributed by atoms with Crippen molar-refractivity contribution in [2.45, 2.75) is 19.3 Å². The van der Waals surface area contributed by atoms with Gasteiger partial charge in [0.25, 0.3) is 0 Å². The molecule has 0 fully saturated rings. The number of carbonyl (C=O) groups excluding carboxylic acids is 1. The predicted molar refractivity (Wildman–Crippen MR) is 61.5 cm³/mol. The van der Waals surface area contributed by atoms with Crippen LogP contribution in [0.3, 0.4) is 0 Å². The highest BCUT2D eigenvalue weighted by molar-refractivity contribution is 5.71. The van der Waals surface area contributed by atoms with Crippen LogP contribution in [0.4, 0.5) is 4.79 Å². The second kappa shape index (κ2) is 4.88. The van der Waals surface area contributed by atoms with E-state index in [-0.39, 0.29) is 0 Å². The summed E-state index contributed by atoms with van der Waals surface area (Å²) in [5.41, 5.74) is 7.47. The smallest absolute Gasteiger partial charge is 0.312 e. The van der Waals surface area contributed by atoms with E-state index in [2.05, 4.69) is 11.4 Å². The molecule has 16 heavy (non-hydrogen) atoms. The molecule has 1 aromatic carbocycles. The highest BCUT2D eigenvalue weighted by atomic mass is 16.5. The van der Waals surface area contributed by atoms with Crippen LogP contribution in [-0.2, 0) is 12.8 Å². The zero-order valence-corrected chi connectivity index (χ0v) is 9.16. The van der Waals surface area contributed by atoms with Gasteiger partial charge in [-0.25, -0.2) is 4.79 Å². The van der Waals surface area contributed by atoms with Crippen LogP contribution in [0.5, 0.6) is 5.75 Å². The Hall–Kier alpha value is -1.71. The molecular formula is C12H16N2O2. The van der Waals surface area contributed by atoms with Crippen molar-refractivity contribution in [3.05, 3.63) is 29.3 Å². The van der Waals surface area contributed by atoms with Crippen LogP contribution in [0.1, 0.15) is 17.5 Å². The van der Waals surface area contributed by atoms with Gasteiger partial charge in [0, 0.05) is 6.54 Å². The first-order chi connectivity index (χ1) is 7.75. The van der Waals surface area contributed by atoms with Gasteiger partial charge in [-0.2, -0.15) is 0 Å². The zero-order chi connectivity index (χ0) is 11.4. The topological polar surface area (TPSA) is 64.4 Å². The molecule has 2 rings (SSSR count). The zero-order valence-electron chi connectivity index (χ0n) is 9.16. The Morgan fingerprint density at radius 1 is 1.50 bits per heavy atom. The average molecular weight is 220 g/mol. The molecule has 3 N–H and O–H groups in total. The van der Waals surface area contributed by atoms with E-state index in [9.17, 15) is 4.79 Å². The molecule has 0 atom stereocenters. The molecule has 4 heteroatoms. The molecule has 1 heterocycles. The number of ether oxygens (including phenoxy) is 1. The summed E-state index contributed by atoms with van der Waals surface area (Å²) in [5, 5.41) is 2.58. The molecule has 0 radical (unpaired) electrons. The van der Waals surface area contributed by atoms with Crippen molar-refractivity contribution in [1.82, 2.24) is 5.32 Å². The Kier molecular flexibility index (Phi) is 3.29. The van der Waals surface area contributed by atoms with Gasteiger partial charge >= 0.3 is 6.03 Å². The van der Waals surface area contributed by atoms with Gasteiger partial charge in [0.05, 0.1) is 6.61 Å². The van der Waals surface area contributed by atoms with Crippen molar-refractivity contribution >= 4 is 6.03 Å². The number of urea groups is 1. The van der Waals surface area contributed by atoms with Crippen molar-refractivity contribution in [3.8, 4) is 5.75 Å². The normalized spacial score (nSPS) is 13.8. The molecule has 1 aliphatic rings. The fraction of sp³-hybridized carbons (Fsp3) is 0.417. The standard InChI is InChI=1S/C12H16N2O2/c13-12(15)14-6-5-9-3-4-11-10(8-9)2-1-7-16-11/h3-4,8H,1-2,5-7H2,(H3,13,14,15). The summed E-state index contributed by atoms with van der Waals surface area (Å²) in [6, 6.07) is 5.72. The first kappa shape index (κ1) is 10.8. The SMILES string of the molecule is NC(=O)NCCc1ccc2c(c1)CCCO2. The van der Waals surface area contributed by atoms with E-state index in [1.807, 2.05) is 12.1 Å². The number of primary amides is 1. The Bertz CT molecular complexity index is 391. The molecular weight excluding hydrogens is 204 g/mol. The number of rotatable bonds is 3. The number of fused-ring (bicyclic) bond motifs is 1. The van der Waals surface area contributed by atoms with Crippen LogP contribution in [0.25, 0.3) is 0 Å². The Morgan fingerprint density at radius 3 is 3.19 bits per heavy atom. The number of benzene rings is 1. The minimum absolute atomic E-state index is 0.471. The summed E-state index contributed by atoms with van der Waals surface area (Å²) >= 11 is 0. The van der Waals surface area contributed by atoms with Crippen molar-refractivity contribution in [3.63, 3.8) is 0 Å². The molecule has 0 saturated carbocycles. The van der Waals surface area contributed by atoms with Gasteiger partial charge in [0.15, 0.2) is 0 Å². The monoisotopic (exact) mass is 220 g/mol. The second-order valence-corrected chi connectivity index (χ2v) is 3.94. The van der Waals surface area contributed by atoms with E-state index >= 15 is 0 Å². The van der Waals surface area contributed by atoms with Gasteiger partial charge in [0.1, 0.15) is 5.75 Å². The summed E-state index contributed by atoms with van der Waals surface area (Å²) in [4.78, 5) is 10.5. The molecule has 0 aromatic heterocycles. The average Bonchev–Trinajstić information content (AvgIpc) is 2.28. The van der Waals surface area contributed by atoms with Gasteiger partial charge < -0.3 is 15.8 Å². The first-order valence-electron chi connectivity index (χ1n) is 5.53. The maximum absolute atomic E-state index is 10.5. The van der Waals surface area contributed by atoms with E-state index in [4.69, 9.17) is 10.5 Å². The van der Waals surface area contributed by atoms with E-state index < -0.39 is 6.03 Å². The summed E-state index contributed by atoms with van der Waals surface area (Å²) in [7, 11) is 0. The number of nitrogens with one attached hydrogen (secondary N) is 1. The predicted octanol–water partition coefficient (Wildman–Crippen LogP) is 1.22. The Balaban J connectivity index is 1.97. The van der Waals surface area contributed by atoms with Crippen LogP contribution in [0.2, 0.25) is 0 Å². The lowest BCUT2D eigenvalue weighted by atomic mass is 10.0. The fourth-order valence-corrected chi connectivity index (χ4v) is 1.90. The lowest BCUT2D eigenvalue weighted by molar-refractivity contribution is 0.249. The molecule has 2 amide bonds. The van der Waals surface area contributed by atoms with Crippen molar-refractivity contribution < 1.29 is 9.53 Å². The lowest BCUT2D eigenvalue weighted by Gasteiger charge is -2.17. The fourth-order valence-electron chi connectivity index (χ4n) is 1.90. The van der Waals surface area contributed by atoms with Crippen LogP contribution in [0.15, 0.2) is 18.2 Å². The largest absolute Gasteiger partial charge is 0.493 e. The molecule has 1 aliphatic heterocycles. The molecule has 0 aliphatic carbocycles. The minimum atomic E-state index is -0.471. The van der Waals surface area contributed by atoms with Gasteiger partial charge in [0.2, 0.25) is 0 Å². The van der Waals surface area contributed by atoms with Gasteiger partial charge in [-0.05, 0) is 36.5 Å². The third-order valence-corrected chi connectivity index (χ3v) is 2.69. The highest BCUT2D eigenvalue weighted by Crippen LogP contribution is 2.25. The number of amides is 2. The molecule has 0 bridgehead atoms. The molecule has 4 nitrogen and oxygen atoms in total. The van der Waals surface area contributed by atoms with E-state index in [1.165, 1.54) is 11.1 Å². The van der Waals surface area contributed by atoms with Crippen molar-refractivity contribution in [1.29, 1.82) is 0 Å². The third kappa shape index (κ3) is 2.66. The van der Waals surface area contributed by atoms with E-state index in [0.717, 1.165) is 31.6 Å².